The molecule has 0 aliphatic heterocycles. The lowest BCUT2D eigenvalue weighted by molar-refractivity contribution is -0.124. The number of amides is 1. The molecule has 20 heavy (non-hydrogen) atoms. The van der Waals surface area contributed by atoms with Crippen molar-refractivity contribution in [1.82, 2.24) is 10.6 Å². The number of rotatable bonds is 6. The predicted molar refractivity (Wildman–Crippen MR) is 90.5 cm³/mol. The Morgan fingerprint density at radius 1 is 1.30 bits per heavy atom. The van der Waals surface area contributed by atoms with Crippen LogP contribution < -0.4 is 10.6 Å². The van der Waals surface area contributed by atoms with E-state index in [1.165, 1.54) is 5.56 Å². The van der Waals surface area contributed by atoms with E-state index in [4.69, 9.17) is 0 Å². The summed E-state index contributed by atoms with van der Waals surface area (Å²) < 4.78 is 1.07. The first-order valence-electron chi connectivity index (χ1n) is 6.55. The van der Waals surface area contributed by atoms with Gasteiger partial charge in [0.25, 0.3) is 0 Å². The minimum Gasteiger partial charge on any atom is -0.355 e. The Kier molecular flexibility index (Phi) is 8.40. The van der Waals surface area contributed by atoms with Crippen molar-refractivity contribution in [2.24, 2.45) is 5.92 Å². The highest BCUT2D eigenvalue weighted by molar-refractivity contribution is 9.10. The fourth-order valence-electron chi connectivity index (χ4n) is 1.88. The zero-order valence-electron chi connectivity index (χ0n) is 12.5. The van der Waals surface area contributed by atoms with Gasteiger partial charge in [0, 0.05) is 28.9 Å². The molecule has 0 saturated carbocycles. The number of carbonyl (C=O) groups excluding carboxylic acids is 1. The molecule has 5 heteroatoms. The third-order valence-corrected chi connectivity index (χ3v) is 3.82. The van der Waals surface area contributed by atoms with Crippen molar-refractivity contribution < 1.29 is 4.79 Å². The molecule has 1 rings (SSSR count). The van der Waals surface area contributed by atoms with E-state index < -0.39 is 0 Å². The van der Waals surface area contributed by atoms with Gasteiger partial charge in [-0.1, -0.05) is 48.8 Å². The van der Waals surface area contributed by atoms with Crippen molar-refractivity contribution in [2.75, 3.05) is 20.1 Å². The molecule has 0 saturated heterocycles. The molecule has 1 amide bonds. The van der Waals surface area contributed by atoms with E-state index in [1.54, 1.807) is 0 Å². The Balaban J connectivity index is 0.00000361. The van der Waals surface area contributed by atoms with Gasteiger partial charge >= 0.3 is 0 Å². The summed E-state index contributed by atoms with van der Waals surface area (Å²) in [6.45, 7) is 7.54. The topological polar surface area (TPSA) is 41.1 Å². The van der Waals surface area contributed by atoms with Crippen molar-refractivity contribution in [3.63, 3.8) is 0 Å². The monoisotopic (exact) mass is 362 g/mol. The third-order valence-electron chi connectivity index (χ3n) is 3.29. The summed E-state index contributed by atoms with van der Waals surface area (Å²) in [7, 11) is 1.86. The van der Waals surface area contributed by atoms with E-state index in [0.29, 0.717) is 13.1 Å². The second-order valence-electron chi connectivity index (χ2n) is 5.57. The first-order chi connectivity index (χ1) is 8.86. The minimum absolute atomic E-state index is 0. The van der Waals surface area contributed by atoms with E-state index in [9.17, 15) is 4.79 Å². The van der Waals surface area contributed by atoms with Crippen LogP contribution in [0.25, 0.3) is 0 Å². The van der Waals surface area contributed by atoms with E-state index >= 15 is 0 Å². The molecule has 1 aromatic rings. The number of halogens is 2. The molecule has 0 aliphatic rings. The van der Waals surface area contributed by atoms with Crippen LogP contribution in [0.1, 0.15) is 26.3 Å². The summed E-state index contributed by atoms with van der Waals surface area (Å²) in [6, 6.07) is 8.24. The Hall–Kier alpha value is -0.580. The van der Waals surface area contributed by atoms with Crippen LogP contribution in [0, 0.1) is 5.92 Å². The molecule has 0 aromatic heterocycles. The maximum absolute atomic E-state index is 11.9. The molecule has 1 aromatic carbocycles. The first-order valence-corrected chi connectivity index (χ1v) is 7.34. The van der Waals surface area contributed by atoms with Crippen LogP contribution in [-0.4, -0.2) is 26.0 Å². The molecule has 0 spiro atoms. The zero-order valence-corrected chi connectivity index (χ0v) is 14.9. The Morgan fingerprint density at radius 2 is 1.85 bits per heavy atom. The Morgan fingerprint density at radius 3 is 2.35 bits per heavy atom. The highest BCUT2D eigenvalue weighted by atomic mass is 79.9. The third kappa shape index (κ3) is 5.81. The van der Waals surface area contributed by atoms with E-state index in [0.717, 1.165) is 4.47 Å². The van der Waals surface area contributed by atoms with Gasteiger partial charge in [0.1, 0.15) is 0 Å². The molecule has 0 radical (unpaired) electrons. The fourth-order valence-corrected chi connectivity index (χ4v) is 2.15. The lowest BCUT2D eigenvalue weighted by Gasteiger charge is -2.26. The molecule has 114 valence electrons. The van der Waals surface area contributed by atoms with Crippen LogP contribution in [0.3, 0.4) is 0 Å². The van der Waals surface area contributed by atoms with Gasteiger partial charge in [-0.05, 0) is 24.7 Å². The van der Waals surface area contributed by atoms with E-state index in [2.05, 4.69) is 52.5 Å². The van der Waals surface area contributed by atoms with Crippen molar-refractivity contribution in [3.05, 3.63) is 34.3 Å². The smallest absolute Gasteiger partial charge is 0.224 e. The van der Waals surface area contributed by atoms with Crippen molar-refractivity contribution in [1.29, 1.82) is 0 Å². The van der Waals surface area contributed by atoms with E-state index in [1.807, 2.05) is 26.1 Å². The summed E-state index contributed by atoms with van der Waals surface area (Å²) in [6.07, 6.45) is 0. The van der Waals surface area contributed by atoms with Crippen LogP contribution in [0.4, 0.5) is 0 Å². The van der Waals surface area contributed by atoms with Gasteiger partial charge in [-0.15, -0.1) is 12.4 Å². The largest absolute Gasteiger partial charge is 0.355 e. The summed E-state index contributed by atoms with van der Waals surface area (Å²) in [5.74, 6) is 0.0882. The number of hydrogen-bond donors (Lipinski definition) is 2. The SMILES string of the molecule is CNCC(C)C(=O)NCC(C)(C)c1ccc(Br)cc1.Cl. The molecule has 1 unspecified atom stereocenters. The average Bonchev–Trinajstić information content (AvgIpc) is 2.37. The van der Waals surface area contributed by atoms with Gasteiger partial charge in [-0.3, -0.25) is 4.79 Å². The van der Waals surface area contributed by atoms with Gasteiger partial charge in [0.15, 0.2) is 0 Å². The van der Waals surface area contributed by atoms with Crippen molar-refractivity contribution >= 4 is 34.2 Å². The molecule has 1 atom stereocenters. The van der Waals surface area contributed by atoms with Gasteiger partial charge in [-0.25, -0.2) is 0 Å². The summed E-state index contributed by atoms with van der Waals surface area (Å²) >= 11 is 3.43. The standard InChI is InChI=1S/C15H23BrN2O.ClH/c1-11(9-17-4)14(19)18-10-15(2,3)12-5-7-13(16)8-6-12;/h5-8,11,17H,9-10H2,1-4H3,(H,18,19);1H. The van der Waals surface area contributed by atoms with Gasteiger partial charge in [0.2, 0.25) is 5.91 Å². The number of carbonyl (C=O) groups is 1. The first kappa shape index (κ1) is 19.4. The van der Waals surface area contributed by atoms with Crippen LogP contribution in [-0.2, 0) is 10.2 Å². The minimum atomic E-state index is -0.0737. The maximum Gasteiger partial charge on any atom is 0.224 e. The van der Waals surface area contributed by atoms with E-state index in [-0.39, 0.29) is 29.6 Å². The molecular weight excluding hydrogens is 340 g/mol. The van der Waals surface area contributed by atoms with Crippen molar-refractivity contribution in [2.45, 2.75) is 26.2 Å². The van der Waals surface area contributed by atoms with Gasteiger partial charge in [-0.2, -0.15) is 0 Å². The predicted octanol–water partition coefficient (Wildman–Crippen LogP) is 3.12. The maximum atomic E-state index is 11.9. The lowest BCUT2D eigenvalue weighted by atomic mass is 9.84. The Labute approximate surface area is 136 Å². The lowest BCUT2D eigenvalue weighted by Crippen LogP contribution is -2.41. The van der Waals surface area contributed by atoms with Gasteiger partial charge < -0.3 is 10.6 Å². The van der Waals surface area contributed by atoms with Gasteiger partial charge in [0.05, 0.1) is 0 Å². The normalized spacial score (nSPS) is 12.4. The van der Waals surface area contributed by atoms with Crippen LogP contribution >= 0.6 is 28.3 Å². The quantitative estimate of drug-likeness (QED) is 0.815. The second-order valence-corrected chi connectivity index (χ2v) is 6.48. The summed E-state index contributed by atoms with van der Waals surface area (Å²) in [4.78, 5) is 11.9. The average molecular weight is 364 g/mol. The molecule has 2 N–H and O–H groups in total. The van der Waals surface area contributed by atoms with Crippen LogP contribution in [0.2, 0.25) is 0 Å². The summed E-state index contributed by atoms with van der Waals surface area (Å²) in [5.41, 5.74) is 1.15. The highest BCUT2D eigenvalue weighted by Gasteiger charge is 2.22. The molecule has 0 aliphatic carbocycles. The second kappa shape index (κ2) is 8.65. The number of hydrogen-bond acceptors (Lipinski definition) is 2. The molecule has 0 heterocycles. The fraction of sp³-hybridized carbons (Fsp3) is 0.533. The van der Waals surface area contributed by atoms with Crippen LogP contribution in [0.5, 0.6) is 0 Å². The van der Waals surface area contributed by atoms with Crippen LogP contribution in [0.15, 0.2) is 28.7 Å². The molecular formula is C15H24BrClN2O. The molecule has 0 fully saturated rings. The Bertz CT molecular complexity index is 420. The zero-order chi connectivity index (χ0) is 14.5. The highest BCUT2D eigenvalue weighted by Crippen LogP contribution is 2.24. The summed E-state index contributed by atoms with van der Waals surface area (Å²) in [5, 5.41) is 6.05. The molecule has 0 bridgehead atoms. The number of nitrogens with one attached hydrogen (secondary N) is 2. The van der Waals surface area contributed by atoms with Crippen molar-refractivity contribution in [3.8, 4) is 0 Å². The molecule has 3 nitrogen and oxygen atoms in total. The number of benzene rings is 1.